The van der Waals surface area contributed by atoms with E-state index in [1.54, 1.807) is 12.1 Å². The molecule has 2 aromatic carbocycles. The van der Waals surface area contributed by atoms with Crippen LogP contribution in [0.1, 0.15) is 41.4 Å². The normalized spacial score (nSPS) is 14.3. The first-order valence-corrected chi connectivity index (χ1v) is 11.9. The molecule has 1 fully saturated rings. The maximum Gasteiger partial charge on any atom is 0.352 e. The van der Waals surface area contributed by atoms with Crippen LogP contribution < -0.4 is 16.6 Å². The van der Waals surface area contributed by atoms with Gasteiger partial charge < -0.3 is 10.1 Å². The Labute approximate surface area is 204 Å². The molecule has 184 valence electrons. The number of rotatable bonds is 8. The maximum absolute atomic E-state index is 13.3. The van der Waals surface area contributed by atoms with Gasteiger partial charge in [-0.1, -0.05) is 56.3 Å². The summed E-state index contributed by atoms with van der Waals surface area (Å²) in [4.78, 5) is 41.7. The number of carbonyl (C=O) groups excluding carboxylic acids is 1. The Balaban J connectivity index is 1.67. The van der Waals surface area contributed by atoms with Crippen LogP contribution >= 0.6 is 0 Å². The van der Waals surface area contributed by atoms with Crippen molar-refractivity contribution in [2.24, 2.45) is 0 Å². The highest BCUT2D eigenvalue weighted by Gasteiger charge is 2.21. The molecule has 0 bridgehead atoms. The number of nitrogens with one attached hydrogen (secondary N) is 1. The first-order chi connectivity index (χ1) is 16.9. The van der Waals surface area contributed by atoms with E-state index in [-0.39, 0.29) is 12.2 Å². The summed E-state index contributed by atoms with van der Waals surface area (Å²) >= 11 is 0. The largest absolute Gasteiger partial charge is 0.379 e. The molecule has 0 unspecified atom stereocenters. The highest BCUT2D eigenvalue weighted by atomic mass is 16.5. The van der Waals surface area contributed by atoms with Crippen molar-refractivity contribution in [2.45, 2.75) is 26.3 Å². The predicted octanol–water partition coefficient (Wildman–Crippen LogP) is 1.63. The van der Waals surface area contributed by atoms with E-state index in [2.05, 4.69) is 29.2 Å². The molecular formula is C26H31N5O4. The summed E-state index contributed by atoms with van der Waals surface area (Å²) in [5.74, 6) is -0.272. The third-order valence-electron chi connectivity index (χ3n) is 6.08. The van der Waals surface area contributed by atoms with Crippen LogP contribution in [0.5, 0.6) is 0 Å². The van der Waals surface area contributed by atoms with Gasteiger partial charge in [0.1, 0.15) is 0 Å². The Hall–Kier alpha value is -3.56. The molecule has 3 aromatic rings. The molecule has 1 saturated heterocycles. The van der Waals surface area contributed by atoms with E-state index in [4.69, 9.17) is 4.74 Å². The van der Waals surface area contributed by atoms with Crippen molar-refractivity contribution in [1.29, 1.82) is 0 Å². The van der Waals surface area contributed by atoms with Gasteiger partial charge in [0.25, 0.3) is 11.5 Å². The molecule has 1 N–H and O–H groups in total. The molecule has 2 heterocycles. The molecule has 0 saturated carbocycles. The molecule has 9 heteroatoms. The van der Waals surface area contributed by atoms with E-state index < -0.39 is 17.2 Å². The second-order valence-electron chi connectivity index (χ2n) is 8.88. The monoisotopic (exact) mass is 477 g/mol. The summed E-state index contributed by atoms with van der Waals surface area (Å²) in [6, 6.07) is 16.6. The second kappa shape index (κ2) is 11.2. The van der Waals surface area contributed by atoms with Crippen LogP contribution in [0.4, 0.5) is 0 Å². The number of carbonyl (C=O) groups is 1. The van der Waals surface area contributed by atoms with Crippen LogP contribution in [0.25, 0.3) is 5.69 Å². The van der Waals surface area contributed by atoms with E-state index in [0.29, 0.717) is 37.9 Å². The minimum absolute atomic E-state index is 0.0408. The van der Waals surface area contributed by atoms with E-state index in [1.807, 2.05) is 42.5 Å². The number of benzene rings is 2. The van der Waals surface area contributed by atoms with Crippen LogP contribution in [0.15, 0.2) is 64.2 Å². The zero-order valence-corrected chi connectivity index (χ0v) is 20.1. The Morgan fingerprint density at radius 3 is 2.37 bits per heavy atom. The molecule has 4 rings (SSSR count). The van der Waals surface area contributed by atoms with Crippen molar-refractivity contribution in [3.05, 3.63) is 92.3 Å². The first-order valence-electron chi connectivity index (χ1n) is 11.9. The Bertz CT molecular complexity index is 1260. The first kappa shape index (κ1) is 24.6. The third-order valence-corrected chi connectivity index (χ3v) is 6.08. The van der Waals surface area contributed by atoms with E-state index >= 15 is 0 Å². The molecule has 1 amide bonds. The van der Waals surface area contributed by atoms with Crippen LogP contribution in [0.3, 0.4) is 0 Å². The number of nitrogens with zero attached hydrogens (tertiary/aromatic N) is 4. The van der Waals surface area contributed by atoms with Crippen molar-refractivity contribution >= 4 is 5.91 Å². The SMILES string of the molecule is CC(C)c1ccc(-n2nc(C(=O)NCCN3CCOCC3)c(=O)n(Cc3ccccc3)c2=O)cc1. The zero-order valence-electron chi connectivity index (χ0n) is 20.1. The predicted molar refractivity (Wildman–Crippen MR) is 133 cm³/mol. The number of hydrogen-bond acceptors (Lipinski definition) is 6. The van der Waals surface area contributed by atoms with E-state index in [1.165, 1.54) is 0 Å². The van der Waals surface area contributed by atoms with Gasteiger partial charge in [-0.05, 0) is 29.2 Å². The molecule has 1 aliphatic rings. The van der Waals surface area contributed by atoms with Crippen molar-refractivity contribution in [1.82, 2.24) is 24.6 Å². The minimum Gasteiger partial charge on any atom is -0.379 e. The van der Waals surface area contributed by atoms with Gasteiger partial charge in [-0.25, -0.2) is 4.79 Å². The van der Waals surface area contributed by atoms with Crippen LogP contribution in [0, 0.1) is 0 Å². The number of aromatic nitrogens is 3. The van der Waals surface area contributed by atoms with Gasteiger partial charge in [-0.3, -0.25) is 19.1 Å². The topological polar surface area (TPSA) is 98.5 Å². The highest BCUT2D eigenvalue weighted by molar-refractivity contribution is 5.91. The summed E-state index contributed by atoms with van der Waals surface area (Å²) in [7, 11) is 0. The van der Waals surface area contributed by atoms with Gasteiger partial charge in [-0.2, -0.15) is 9.78 Å². The molecule has 1 aromatic heterocycles. The van der Waals surface area contributed by atoms with Crippen molar-refractivity contribution in [2.75, 3.05) is 39.4 Å². The summed E-state index contributed by atoms with van der Waals surface area (Å²) < 4.78 is 7.54. The third kappa shape index (κ3) is 5.93. The van der Waals surface area contributed by atoms with Crippen LogP contribution in [-0.2, 0) is 11.3 Å². The van der Waals surface area contributed by atoms with Gasteiger partial charge in [0.15, 0.2) is 0 Å². The molecule has 1 aliphatic heterocycles. The van der Waals surface area contributed by atoms with Crippen molar-refractivity contribution in [3.63, 3.8) is 0 Å². The summed E-state index contributed by atoms with van der Waals surface area (Å²) in [6.45, 7) is 8.15. The fraction of sp³-hybridized carbons (Fsp3) is 0.385. The summed E-state index contributed by atoms with van der Waals surface area (Å²) in [5, 5.41) is 7.00. The molecule has 35 heavy (non-hydrogen) atoms. The summed E-state index contributed by atoms with van der Waals surface area (Å²) in [5.41, 5.74) is 0.761. The van der Waals surface area contributed by atoms with Crippen LogP contribution in [0.2, 0.25) is 0 Å². The second-order valence-corrected chi connectivity index (χ2v) is 8.88. The number of ether oxygens (including phenoxy) is 1. The lowest BCUT2D eigenvalue weighted by Crippen LogP contribution is -2.47. The fourth-order valence-corrected chi connectivity index (χ4v) is 3.97. The van der Waals surface area contributed by atoms with E-state index in [9.17, 15) is 14.4 Å². The van der Waals surface area contributed by atoms with Crippen LogP contribution in [-0.4, -0.2) is 64.5 Å². The van der Waals surface area contributed by atoms with E-state index in [0.717, 1.165) is 33.5 Å². The average molecular weight is 478 g/mol. The van der Waals surface area contributed by atoms with Gasteiger partial charge in [-0.15, -0.1) is 0 Å². The smallest absolute Gasteiger partial charge is 0.352 e. The maximum atomic E-state index is 13.3. The number of amides is 1. The minimum atomic E-state index is -0.710. The van der Waals surface area contributed by atoms with Crippen molar-refractivity contribution in [3.8, 4) is 5.69 Å². The average Bonchev–Trinajstić information content (AvgIpc) is 2.88. The molecule has 0 atom stereocenters. The van der Waals surface area contributed by atoms with Gasteiger partial charge in [0.2, 0.25) is 5.69 Å². The number of morpholine rings is 1. The standard InChI is InChI=1S/C26H31N5O4/c1-19(2)21-8-10-22(11-9-21)31-26(34)30(18-20-6-4-3-5-7-20)25(33)23(28-31)24(32)27-12-13-29-14-16-35-17-15-29/h3-11,19H,12-18H2,1-2H3,(H,27,32). The summed E-state index contributed by atoms with van der Waals surface area (Å²) in [6.07, 6.45) is 0. The molecule has 0 radical (unpaired) electrons. The molecule has 9 nitrogen and oxygen atoms in total. The molecule has 0 aliphatic carbocycles. The molecule has 0 spiro atoms. The zero-order chi connectivity index (χ0) is 24.8. The Morgan fingerprint density at radius 1 is 1.03 bits per heavy atom. The quantitative estimate of drug-likeness (QED) is 0.530. The lowest BCUT2D eigenvalue weighted by molar-refractivity contribution is 0.0383. The number of hydrogen-bond donors (Lipinski definition) is 1. The van der Waals surface area contributed by atoms with Gasteiger partial charge in [0, 0.05) is 26.2 Å². The fourth-order valence-electron chi connectivity index (χ4n) is 3.97. The Morgan fingerprint density at radius 2 is 1.71 bits per heavy atom. The molecular weight excluding hydrogens is 446 g/mol. The lowest BCUT2D eigenvalue weighted by Gasteiger charge is -2.26. The lowest BCUT2D eigenvalue weighted by atomic mass is 10.0. The van der Waals surface area contributed by atoms with Crippen molar-refractivity contribution < 1.29 is 9.53 Å². The van der Waals surface area contributed by atoms with Gasteiger partial charge >= 0.3 is 5.69 Å². The Kier molecular flexibility index (Phi) is 7.89. The van der Waals surface area contributed by atoms with Gasteiger partial charge in [0.05, 0.1) is 25.4 Å². The highest BCUT2D eigenvalue weighted by Crippen LogP contribution is 2.15.